The van der Waals surface area contributed by atoms with Gasteiger partial charge in [0.15, 0.2) is 5.15 Å². The van der Waals surface area contributed by atoms with E-state index in [0.717, 1.165) is 17.0 Å². The maximum absolute atomic E-state index is 8.33. The van der Waals surface area contributed by atoms with Crippen molar-refractivity contribution in [3.63, 3.8) is 0 Å². The number of halogens is 1. The predicted octanol–water partition coefficient (Wildman–Crippen LogP) is 3.08. The van der Waals surface area contributed by atoms with Crippen LogP contribution in [0.5, 0.6) is 0 Å². The first-order chi connectivity index (χ1) is 10.1. The Morgan fingerprint density at radius 2 is 2.10 bits per heavy atom. The Morgan fingerprint density at radius 3 is 2.71 bits per heavy atom. The van der Waals surface area contributed by atoms with Crippen LogP contribution in [0.25, 0.3) is 0 Å². The first-order valence-electron chi connectivity index (χ1n) is 7.39. The molecule has 114 valence electrons. The van der Waals surface area contributed by atoms with E-state index in [-0.39, 0.29) is 6.04 Å². The number of hydrazone groups is 1. The highest BCUT2D eigenvalue weighted by atomic mass is 35.5. The van der Waals surface area contributed by atoms with Crippen LogP contribution in [0.1, 0.15) is 39.2 Å². The molecule has 2 aliphatic rings. The summed E-state index contributed by atoms with van der Waals surface area (Å²) in [5.41, 5.74) is 5.91. The summed E-state index contributed by atoms with van der Waals surface area (Å²) in [5, 5.41) is 13.2. The summed E-state index contributed by atoms with van der Waals surface area (Å²) in [5.74, 6) is 0. The second kappa shape index (κ2) is 6.43. The van der Waals surface area contributed by atoms with Gasteiger partial charge in [-0.3, -0.25) is 5.41 Å². The van der Waals surface area contributed by atoms with E-state index in [9.17, 15) is 0 Å². The fourth-order valence-electron chi connectivity index (χ4n) is 2.21. The summed E-state index contributed by atoms with van der Waals surface area (Å²) in [4.78, 5) is 6.12. The third-order valence-electron chi connectivity index (χ3n) is 3.68. The summed E-state index contributed by atoms with van der Waals surface area (Å²) in [6, 6.07) is 2.31. The van der Waals surface area contributed by atoms with E-state index in [4.69, 9.17) is 17.0 Å². The van der Waals surface area contributed by atoms with Gasteiger partial charge < -0.3 is 10.3 Å². The highest BCUT2D eigenvalue weighted by molar-refractivity contribution is 6.52. The van der Waals surface area contributed by atoms with Gasteiger partial charge in [-0.05, 0) is 25.8 Å². The molecule has 1 unspecified atom stereocenters. The van der Waals surface area contributed by atoms with E-state index in [2.05, 4.69) is 15.5 Å². The standard InChI is InChI=1S/C13H16ClN5.C2H6/c1-7-11(18-17-8-3-4-8)10(15)9-5-6-16-13(14)12(9)19(7)2;1-2/h5-8,15,17H,3-4H2,1-2H3;1-2H3/b15-10?,18-11-;. The molecule has 1 saturated carbocycles. The number of hydrogen-bond donors (Lipinski definition) is 2. The Labute approximate surface area is 130 Å². The Kier molecular flexibility index (Phi) is 4.83. The molecule has 5 nitrogen and oxygen atoms in total. The molecule has 0 amide bonds. The van der Waals surface area contributed by atoms with Crippen molar-refractivity contribution >= 4 is 28.7 Å². The molecule has 0 aromatic carbocycles. The van der Waals surface area contributed by atoms with Crippen LogP contribution < -0.4 is 10.3 Å². The zero-order valence-corrected chi connectivity index (χ0v) is 13.7. The molecule has 6 heteroatoms. The topological polar surface area (TPSA) is 64.4 Å². The fourth-order valence-corrected chi connectivity index (χ4v) is 2.50. The van der Waals surface area contributed by atoms with E-state index >= 15 is 0 Å². The lowest BCUT2D eigenvalue weighted by atomic mass is 9.94. The van der Waals surface area contributed by atoms with Crippen LogP contribution >= 0.6 is 11.6 Å². The van der Waals surface area contributed by atoms with Crippen LogP contribution in [0.2, 0.25) is 5.15 Å². The zero-order valence-electron chi connectivity index (χ0n) is 12.9. The molecule has 1 aliphatic heterocycles. The van der Waals surface area contributed by atoms with Gasteiger partial charge in [0.2, 0.25) is 0 Å². The molecular formula is C15H22ClN5. The third kappa shape index (κ3) is 3.02. The minimum absolute atomic E-state index is 0.00736. The SMILES string of the molecule is CC.CC1/C(=N/NC2CC2)C(=N)c2ccnc(Cl)c2N1C. The maximum Gasteiger partial charge on any atom is 0.152 e. The van der Waals surface area contributed by atoms with Gasteiger partial charge in [0.05, 0.1) is 17.4 Å². The number of fused-ring (bicyclic) bond motifs is 1. The summed E-state index contributed by atoms with van der Waals surface area (Å²) in [7, 11) is 1.95. The van der Waals surface area contributed by atoms with Crippen LogP contribution in [0.3, 0.4) is 0 Å². The van der Waals surface area contributed by atoms with Crippen molar-refractivity contribution in [1.82, 2.24) is 10.4 Å². The highest BCUT2D eigenvalue weighted by Gasteiger charge is 2.33. The molecule has 0 bridgehead atoms. The molecule has 1 atom stereocenters. The summed E-state index contributed by atoms with van der Waals surface area (Å²) >= 11 is 6.15. The number of nitrogens with zero attached hydrogens (tertiary/aromatic N) is 3. The van der Waals surface area contributed by atoms with Gasteiger partial charge in [-0.2, -0.15) is 5.10 Å². The van der Waals surface area contributed by atoms with Gasteiger partial charge in [0, 0.05) is 24.8 Å². The van der Waals surface area contributed by atoms with Gasteiger partial charge >= 0.3 is 0 Å². The molecular weight excluding hydrogens is 286 g/mol. The molecule has 1 aliphatic carbocycles. The first kappa shape index (κ1) is 15.8. The fraction of sp³-hybridized carbons (Fsp3) is 0.533. The number of rotatable bonds is 2. The Morgan fingerprint density at radius 1 is 1.43 bits per heavy atom. The molecule has 0 saturated heterocycles. The number of pyridine rings is 1. The van der Waals surface area contributed by atoms with Gasteiger partial charge in [0.1, 0.15) is 5.71 Å². The zero-order chi connectivity index (χ0) is 15.6. The maximum atomic E-state index is 8.33. The largest absolute Gasteiger partial charge is 0.363 e. The van der Waals surface area contributed by atoms with Crippen molar-refractivity contribution in [1.29, 1.82) is 5.41 Å². The van der Waals surface area contributed by atoms with Crippen molar-refractivity contribution in [2.45, 2.75) is 45.7 Å². The molecule has 21 heavy (non-hydrogen) atoms. The van der Waals surface area contributed by atoms with E-state index in [1.807, 2.05) is 38.8 Å². The summed E-state index contributed by atoms with van der Waals surface area (Å²) in [6.45, 7) is 6.02. The van der Waals surface area contributed by atoms with E-state index in [1.165, 1.54) is 12.8 Å². The van der Waals surface area contributed by atoms with E-state index in [0.29, 0.717) is 16.9 Å². The average molecular weight is 308 g/mol. The van der Waals surface area contributed by atoms with Crippen molar-refractivity contribution in [3.05, 3.63) is 23.0 Å². The molecule has 2 N–H and O–H groups in total. The van der Waals surface area contributed by atoms with Crippen molar-refractivity contribution in [3.8, 4) is 0 Å². The van der Waals surface area contributed by atoms with E-state index in [1.54, 1.807) is 6.20 Å². The van der Waals surface area contributed by atoms with Crippen LogP contribution in [0, 0.1) is 5.41 Å². The normalized spacial score (nSPS) is 22.5. The molecule has 0 radical (unpaired) electrons. The van der Waals surface area contributed by atoms with Crippen LogP contribution in [-0.2, 0) is 0 Å². The highest BCUT2D eigenvalue weighted by Crippen LogP contribution is 2.33. The number of nitrogens with one attached hydrogen (secondary N) is 2. The van der Waals surface area contributed by atoms with Crippen molar-refractivity contribution < 1.29 is 0 Å². The molecule has 3 rings (SSSR count). The quantitative estimate of drug-likeness (QED) is 0.652. The number of aromatic nitrogens is 1. The Hall–Kier alpha value is -1.62. The van der Waals surface area contributed by atoms with Crippen LogP contribution in [0.4, 0.5) is 5.69 Å². The molecule has 1 fully saturated rings. The summed E-state index contributed by atoms with van der Waals surface area (Å²) in [6.07, 6.45) is 3.97. The van der Waals surface area contributed by atoms with Crippen LogP contribution in [-0.4, -0.2) is 35.5 Å². The van der Waals surface area contributed by atoms with E-state index < -0.39 is 0 Å². The molecule has 0 spiro atoms. The lowest BCUT2D eigenvalue weighted by Crippen LogP contribution is -2.46. The Bertz CT molecular complexity index is 565. The average Bonchev–Trinajstić information content (AvgIpc) is 3.31. The Balaban J connectivity index is 0.000000774. The van der Waals surface area contributed by atoms with Crippen LogP contribution in [0.15, 0.2) is 17.4 Å². The molecule has 1 aromatic heterocycles. The van der Waals surface area contributed by atoms with Gasteiger partial charge in [-0.15, -0.1) is 0 Å². The van der Waals surface area contributed by atoms with Crippen molar-refractivity contribution in [2.24, 2.45) is 5.10 Å². The number of anilines is 1. The number of hydrogen-bond acceptors (Lipinski definition) is 5. The minimum Gasteiger partial charge on any atom is -0.363 e. The van der Waals surface area contributed by atoms with Crippen molar-refractivity contribution in [2.75, 3.05) is 11.9 Å². The monoisotopic (exact) mass is 307 g/mol. The van der Waals surface area contributed by atoms with Gasteiger partial charge in [-0.25, -0.2) is 4.98 Å². The third-order valence-corrected chi connectivity index (χ3v) is 3.96. The smallest absolute Gasteiger partial charge is 0.152 e. The predicted molar refractivity (Wildman–Crippen MR) is 88.9 cm³/mol. The lowest BCUT2D eigenvalue weighted by Gasteiger charge is -2.35. The molecule has 1 aromatic rings. The second-order valence-electron chi connectivity index (χ2n) is 5.06. The lowest BCUT2D eigenvalue weighted by molar-refractivity contribution is 0.725. The minimum atomic E-state index is 0.00736. The summed E-state index contributed by atoms with van der Waals surface area (Å²) < 4.78 is 0. The second-order valence-corrected chi connectivity index (χ2v) is 5.42. The first-order valence-corrected chi connectivity index (χ1v) is 7.77. The van der Waals surface area contributed by atoms with Gasteiger partial charge in [-0.1, -0.05) is 25.4 Å². The molecule has 2 heterocycles. The van der Waals surface area contributed by atoms with Gasteiger partial charge in [0.25, 0.3) is 0 Å².